The Labute approximate surface area is 212 Å². The Bertz CT molecular complexity index is 1340. The molecule has 0 unspecified atom stereocenters. The molecule has 0 radical (unpaired) electrons. The normalized spacial score (nSPS) is 16.4. The van der Waals surface area contributed by atoms with Gasteiger partial charge in [0, 0.05) is 43.8 Å². The molecular formula is C27H34N8O. The third-order valence-corrected chi connectivity index (χ3v) is 6.98. The summed E-state index contributed by atoms with van der Waals surface area (Å²) >= 11 is 0. The van der Waals surface area contributed by atoms with E-state index in [2.05, 4.69) is 43.4 Å². The average molecular weight is 487 g/mol. The van der Waals surface area contributed by atoms with Crippen molar-refractivity contribution in [1.82, 2.24) is 29.7 Å². The third kappa shape index (κ3) is 5.06. The summed E-state index contributed by atoms with van der Waals surface area (Å²) < 4.78 is 1.86. The first-order chi connectivity index (χ1) is 17.5. The highest BCUT2D eigenvalue weighted by atomic mass is 16.1. The molecule has 9 nitrogen and oxygen atoms in total. The number of aryl methyl sites for hydroxylation is 1. The van der Waals surface area contributed by atoms with E-state index in [1.165, 1.54) is 0 Å². The van der Waals surface area contributed by atoms with Crippen LogP contribution in [-0.4, -0.2) is 71.2 Å². The van der Waals surface area contributed by atoms with Crippen molar-refractivity contribution in [2.24, 2.45) is 0 Å². The highest BCUT2D eigenvalue weighted by molar-refractivity contribution is 5.82. The molecule has 1 saturated heterocycles. The van der Waals surface area contributed by atoms with Gasteiger partial charge in [-0.15, -0.1) is 0 Å². The van der Waals surface area contributed by atoms with Crippen molar-refractivity contribution in [3.8, 4) is 11.8 Å². The predicted octanol–water partition coefficient (Wildman–Crippen LogP) is 2.68. The smallest absolute Gasteiger partial charge is 0.268 e. The minimum absolute atomic E-state index is 0.0543. The standard InChI is InChI=1S/C27H34N8O/c1-19-22(9-6-14-33(2)3)26(36)35(20-7-4-5-8-20)25-23(19)18-30-27(32-25)31-24-11-10-21(17-29-24)34-15-12-28-13-16-34/h10-11,17-18,20,28H,4-5,7-8,12-16H2,1-3H3,(H,29,30,31,32). The molecule has 36 heavy (non-hydrogen) atoms. The Balaban J connectivity index is 1.50. The average Bonchev–Trinajstić information content (AvgIpc) is 3.41. The predicted molar refractivity (Wildman–Crippen MR) is 144 cm³/mol. The first-order valence-corrected chi connectivity index (χ1v) is 12.8. The van der Waals surface area contributed by atoms with Crippen LogP contribution < -0.4 is 21.1 Å². The summed E-state index contributed by atoms with van der Waals surface area (Å²) in [5.74, 6) is 7.38. The Kier molecular flexibility index (Phi) is 7.16. The van der Waals surface area contributed by atoms with Crippen LogP contribution in [0.25, 0.3) is 11.0 Å². The van der Waals surface area contributed by atoms with Crippen LogP contribution >= 0.6 is 0 Å². The van der Waals surface area contributed by atoms with Gasteiger partial charge in [0.15, 0.2) is 0 Å². The zero-order chi connectivity index (χ0) is 25.1. The van der Waals surface area contributed by atoms with Crippen molar-refractivity contribution in [2.45, 2.75) is 38.6 Å². The van der Waals surface area contributed by atoms with Gasteiger partial charge in [-0.05, 0) is 51.6 Å². The van der Waals surface area contributed by atoms with E-state index in [4.69, 9.17) is 4.98 Å². The summed E-state index contributed by atoms with van der Waals surface area (Å²) in [4.78, 5) is 32.0. The first-order valence-electron chi connectivity index (χ1n) is 12.8. The fraction of sp³-hybridized carbons (Fsp3) is 0.481. The lowest BCUT2D eigenvalue weighted by Gasteiger charge is -2.29. The van der Waals surface area contributed by atoms with Gasteiger partial charge < -0.3 is 15.5 Å². The number of hydrogen-bond donors (Lipinski definition) is 2. The van der Waals surface area contributed by atoms with Gasteiger partial charge in [0.25, 0.3) is 5.56 Å². The van der Waals surface area contributed by atoms with Crippen molar-refractivity contribution >= 4 is 28.5 Å². The fourth-order valence-corrected chi connectivity index (χ4v) is 5.01. The second-order valence-corrected chi connectivity index (χ2v) is 9.85. The molecule has 2 aliphatic rings. The molecule has 2 N–H and O–H groups in total. The van der Waals surface area contributed by atoms with E-state index < -0.39 is 0 Å². The van der Waals surface area contributed by atoms with E-state index in [0.29, 0.717) is 29.5 Å². The quantitative estimate of drug-likeness (QED) is 0.532. The summed E-state index contributed by atoms with van der Waals surface area (Å²) in [6.45, 7) is 6.45. The van der Waals surface area contributed by atoms with Gasteiger partial charge in [-0.3, -0.25) is 14.3 Å². The van der Waals surface area contributed by atoms with Crippen molar-refractivity contribution in [2.75, 3.05) is 57.0 Å². The molecule has 9 heteroatoms. The molecule has 0 spiro atoms. The number of pyridine rings is 2. The van der Waals surface area contributed by atoms with Gasteiger partial charge in [-0.1, -0.05) is 24.7 Å². The summed E-state index contributed by atoms with van der Waals surface area (Å²) in [6.07, 6.45) is 7.87. The molecule has 0 aromatic carbocycles. The third-order valence-electron chi connectivity index (χ3n) is 6.98. The van der Waals surface area contributed by atoms with Crippen molar-refractivity contribution in [3.05, 3.63) is 46.0 Å². The van der Waals surface area contributed by atoms with Crippen LogP contribution in [0.5, 0.6) is 0 Å². The molecular weight excluding hydrogens is 452 g/mol. The van der Waals surface area contributed by atoms with Crippen molar-refractivity contribution in [1.29, 1.82) is 0 Å². The van der Waals surface area contributed by atoms with E-state index in [-0.39, 0.29) is 11.6 Å². The lowest BCUT2D eigenvalue weighted by molar-refractivity contribution is 0.464. The van der Waals surface area contributed by atoms with Gasteiger partial charge in [-0.2, -0.15) is 4.98 Å². The van der Waals surface area contributed by atoms with Crippen LogP contribution in [0.4, 0.5) is 17.5 Å². The molecule has 1 saturated carbocycles. The van der Waals surface area contributed by atoms with E-state index in [1.807, 2.05) is 42.7 Å². The number of nitrogens with one attached hydrogen (secondary N) is 2. The van der Waals surface area contributed by atoms with Crippen LogP contribution in [0, 0.1) is 18.8 Å². The Morgan fingerprint density at radius 2 is 1.92 bits per heavy atom. The molecule has 1 aliphatic carbocycles. The van der Waals surface area contributed by atoms with Crippen LogP contribution in [0.15, 0.2) is 29.3 Å². The second kappa shape index (κ2) is 10.6. The molecule has 4 heterocycles. The van der Waals surface area contributed by atoms with Crippen LogP contribution in [0.3, 0.4) is 0 Å². The molecule has 2 fully saturated rings. The van der Waals surface area contributed by atoms with E-state index in [0.717, 1.165) is 68.5 Å². The summed E-state index contributed by atoms with van der Waals surface area (Å²) in [5, 5.41) is 7.46. The number of fused-ring (bicyclic) bond motifs is 1. The van der Waals surface area contributed by atoms with E-state index in [9.17, 15) is 4.79 Å². The largest absolute Gasteiger partial charge is 0.368 e. The minimum atomic E-state index is -0.0543. The summed E-state index contributed by atoms with van der Waals surface area (Å²) in [5.41, 5.74) is 3.10. The molecule has 188 valence electrons. The number of hydrogen-bond acceptors (Lipinski definition) is 8. The molecule has 0 amide bonds. The lowest BCUT2D eigenvalue weighted by atomic mass is 10.1. The Morgan fingerprint density at radius 3 is 2.61 bits per heavy atom. The number of nitrogens with zero attached hydrogens (tertiary/aromatic N) is 6. The fourth-order valence-electron chi connectivity index (χ4n) is 5.01. The van der Waals surface area contributed by atoms with Gasteiger partial charge in [0.05, 0.1) is 24.0 Å². The molecule has 0 bridgehead atoms. The molecule has 1 aliphatic heterocycles. The Hall–Kier alpha value is -3.48. The highest BCUT2D eigenvalue weighted by Crippen LogP contribution is 2.32. The molecule has 3 aromatic rings. The first kappa shape index (κ1) is 24.2. The lowest BCUT2D eigenvalue weighted by Crippen LogP contribution is -2.43. The summed E-state index contributed by atoms with van der Waals surface area (Å²) in [6, 6.07) is 4.15. The van der Waals surface area contributed by atoms with Gasteiger partial charge in [-0.25, -0.2) is 9.97 Å². The van der Waals surface area contributed by atoms with E-state index in [1.54, 1.807) is 6.20 Å². The molecule has 0 atom stereocenters. The van der Waals surface area contributed by atoms with Gasteiger partial charge in [0.2, 0.25) is 5.95 Å². The zero-order valence-corrected chi connectivity index (χ0v) is 21.3. The monoisotopic (exact) mass is 486 g/mol. The number of rotatable bonds is 5. The number of aromatic nitrogens is 4. The Morgan fingerprint density at radius 1 is 1.14 bits per heavy atom. The van der Waals surface area contributed by atoms with Crippen molar-refractivity contribution < 1.29 is 0 Å². The molecule has 5 rings (SSSR count). The minimum Gasteiger partial charge on any atom is -0.368 e. The van der Waals surface area contributed by atoms with Gasteiger partial charge >= 0.3 is 0 Å². The number of piperazine rings is 1. The second-order valence-electron chi connectivity index (χ2n) is 9.85. The maximum Gasteiger partial charge on any atom is 0.268 e. The number of anilines is 3. The van der Waals surface area contributed by atoms with E-state index >= 15 is 0 Å². The van der Waals surface area contributed by atoms with Crippen LogP contribution in [-0.2, 0) is 0 Å². The maximum atomic E-state index is 13.7. The zero-order valence-electron chi connectivity index (χ0n) is 21.3. The van der Waals surface area contributed by atoms with Crippen LogP contribution in [0.1, 0.15) is 42.9 Å². The topological polar surface area (TPSA) is 91.2 Å². The summed E-state index contributed by atoms with van der Waals surface area (Å²) in [7, 11) is 3.93. The van der Waals surface area contributed by atoms with Crippen molar-refractivity contribution in [3.63, 3.8) is 0 Å². The molecule has 3 aromatic heterocycles. The SMILES string of the molecule is Cc1c(C#CCN(C)C)c(=O)n(C2CCCC2)c2nc(Nc3ccc(N4CCNCC4)cn3)ncc12. The van der Waals surface area contributed by atoms with Gasteiger partial charge in [0.1, 0.15) is 11.5 Å². The highest BCUT2D eigenvalue weighted by Gasteiger charge is 2.24. The maximum absolute atomic E-state index is 13.7. The van der Waals surface area contributed by atoms with Crippen LogP contribution in [0.2, 0.25) is 0 Å².